The second-order valence-electron chi connectivity index (χ2n) is 4.37. The molecule has 3 nitrogen and oxygen atoms in total. The maximum atomic E-state index is 11.3. The number of methoxy groups -OCH3 is 1. The SMILES string of the molecule is COc1cc(C(C)=O)ccc1OCCCCCCCl. The number of hydrogen-bond donors (Lipinski definition) is 0. The van der Waals surface area contributed by atoms with Gasteiger partial charge in [-0.25, -0.2) is 0 Å². The van der Waals surface area contributed by atoms with Gasteiger partial charge in [0.05, 0.1) is 13.7 Å². The third-order valence-electron chi connectivity index (χ3n) is 2.86. The number of unbranched alkanes of at least 4 members (excludes halogenated alkanes) is 3. The average Bonchev–Trinajstić information content (AvgIpc) is 2.42. The number of benzene rings is 1. The van der Waals surface area contributed by atoms with Crippen LogP contribution < -0.4 is 9.47 Å². The molecule has 1 aromatic rings. The molecule has 0 aromatic heterocycles. The van der Waals surface area contributed by atoms with Crippen molar-refractivity contribution in [2.75, 3.05) is 19.6 Å². The van der Waals surface area contributed by atoms with E-state index in [1.807, 2.05) is 0 Å². The zero-order chi connectivity index (χ0) is 14.1. The van der Waals surface area contributed by atoms with Gasteiger partial charge < -0.3 is 9.47 Å². The third kappa shape index (κ3) is 5.52. The lowest BCUT2D eigenvalue weighted by atomic mass is 10.1. The van der Waals surface area contributed by atoms with Crippen molar-refractivity contribution >= 4 is 17.4 Å². The fraction of sp³-hybridized carbons (Fsp3) is 0.533. The molecular formula is C15H21ClO3. The van der Waals surface area contributed by atoms with Crippen LogP contribution >= 0.6 is 11.6 Å². The van der Waals surface area contributed by atoms with Crippen LogP contribution in [0.4, 0.5) is 0 Å². The Labute approximate surface area is 119 Å². The topological polar surface area (TPSA) is 35.5 Å². The molecule has 0 N–H and O–H groups in total. The molecular weight excluding hydrogens is 264 g/mol. The summed E-state index contributed by atoms with van der Waals surface area (Å²) in [5, 5.41) is 0. The van der Waals surface area contributed by atoms with Crippen molar-refractivity contribution < 1.29 is 14.3 Å². The molecule has 4 heteroatoms. The molecule has 106 valence electrons. The molecule has 0 aliphatic heterocycles. The van der Waals surface area contributed by atoms with Gasteiger partial charge in [-0.3, -0.25) is 4.79 Å². The minimum atomic E-state index is 0.0194. The van der Waals surface area contributed by atoms with E-state index in [0.29, 0.717) is 23.7 Å². The molecule has 0 saturated carbocycles. The van der Waals surface area contributed by atoms with Crippen LogP contribution in [0.15, 0.2) is 18.2 Å². The van der Waals surface area contributed by atoms with Crippen molar-refractivity contribution in [3.05, 3.63) is 23.8 Å². The quantitative estimate of drug-likeness (QED) is 0.389. The van der Waals surface area contributed by atoms with Gasteiger partial charge in [0.1, 0.15) is 0 Å². The van der Waals surface area contributed by atoms with Crippen molar-refractivity contribution in [3.8, 4) is 11.5 Å². The Morgan fingerprint density at radius 1 is 1.16 bits per heavy atom. The Bertz CT molecular complexity index is 404. The lowest BCUT2D eigenvalue weighted by molar-refractivity contribution is 0.101. The number of carbonyl (C=O) groups excluding carboxylic acids is 1. The van der Waals surface area contributed by atoms with Gasteiger partial charge in [0.2, 0.25) is 0 Å². The van der Waals surface area contributed by atoms with Crippen molar-refractivity contribution in [3.63, 3.8) is 0 Å². The first-order valence-electron chi connectivity index (χ1n) is 6.56. The normalized spacial score (nSPS) is 10.3. The standard InChI is InChI=1S/C15H21ClO3/c1-12(17)13-7-8-14(15(11-13)18-2)19-10-6-4-3-5-9-16/h7-8,11H,3-6,9-10H2,1-2H3. The first-order chi connectivity index (χ1) is 9.19. The number of rotatable bonds is 9. The predicted octanol–water partition coefficient (Wildman–Crippen LogP) is 4.08. The molecule has 0 saturated heterocycles. The molecule has 0 atom stereocenters. The number of Topliss-reactive ketones (excluding diaryl/α,β-unsaturated/α-hetero) is 1. The first-order valence-corrected chi connectivity index (χ1v) is 7.10. The lowest BCUT2D eigenvalue weighted by Gasteiger charge is -2.11. The Morgan fingerprint density at radius 2 is 1.89 bits per heavy atom. The van der Waals surface area contributed by atoms with Gasteiger partial charge >= 0.3 is 0 Å². The van der Waals surface area contributed by atoms with Gasteiger partial charge in [-0.1, -0.05) is 12.8 Å². The number of alkyl halides is 1. The van der Waals surface area contributed by atoms with Gasteiger partial charge in [0, 0.05) is 11.4 Å². The summed E-state index contributed by atoms with van der Waals surface area (Å²) in [5.41, 5.74) is 0.631. The van der Waals surface area contributed by atoms with Gasteiger partial charge in [0.15, 0.2) is 17.3 Å². The summed E-state index contributed by atoms with van der Waals surface area (Å²) >= 11 is 5.61. The van der Waals surface area contributed by atoms with E-state index in [-0.39, 0.29) is 5.78 Å². The van der Waals surface area contributed by atoms with Gasteiger partial charge in [0.25, 0.3) is 0 Å². The average molecular weight is 285 g/mol. The lowest BCUT2D eigenvalue weighted by Crippen LogP contribution is -2.01. The monoisotopic (exact) mass is 284 g/mol. The minimum Gasteiger partial charge on any atom is -0.493 e. The van der Waals surface area contributed by atoms with Crippen LogP contribution in [0.25, 0.3) is 0 Å². The molecule has 1 aromatic carbocycles. The molecule has 0 bridgehead atoms. The van der Waals surface area contributed by atoms with Crippen molar-refractivity contribution in [1.29, 1.82) is 0 Å². The molecule has 0 spiro atoms. The Morgan fingerprint density at radius 3 is 2.53 bits per heavy atom. The molecule has 1 rings (SSSR count). The fourth-order valence-electron chi connectivity index (χ4n) is 1.74. The second-order valence-corrected chi connectivity index (χ2v) is 4.75. The van der Waals surface area contributed by atoms with Gasteiger partial charge in [-0.05, 0) is 38.0 Å². The Balaban J connectivity index is 2.47. The maximum Gasteiger partial charge on any atom is 0.161 e. The van der Waals surface area contributed by atoms with Crippen LogP contribution in [0.3, 0.4) is 0 Å². The summed E-state index contributed by atoms with van der Waals surface area (Å²) < 4.78 is 10.9. The van der Waals surface area contributed by atoms with Crippen LogP contribution in [0.1, 0.15) is 43.0 Å². The summed E-state index contributed by atoms with van der Waals surface area (Å²) in [6.45, 7) is 2.18. The van der Waals surface area contributed by atoms with E-state index in [2.05, 4.69) is 0 Å². The summed E-state index contributed by atoms with van der Waals surface area (Å²) in [6.07, 6.45) is 4.29. The van der Waals surface area contributed by atoms with Crippen LogP contribution in [-0.4, -0.2) is 25.4 Å². The third-order valence-corrected chi connectivity index (χ3v) is 3.12. The van der Waals surface area contributed by atoms with Gasteiger partial charge in [-0.2, -0.15) is 0 Å². The Kier molecular flexibility index (Phi) is 7.34. The van der Waals surface area contributed by atoms with E-state index in [1.54, 1.807) is 25.3 Å². The highest BCUT2D eigenvalue weighted by molar-refractivity contribution is 6.17. The van der Waals surface area contributed by atoms with Crippen molar-refractivity contribution in [2.24, 2.45) is 0 Å². The number of carbonyl (C=O) groups is 1. The van der Waals surface area contributed by atoms with E-state index in [1.165, 1.54) is 6.92 Å². The number of hydrogen-bond acceptors (Lipinski definition) is 3. The van der Waals surface area contributed by atoms with Crippen LogP contribution in [0, 0.1) is 0 Å². The maximum absolute atomic E-state index is 11.3. The zero-order valence-electron chi connectivity index (χ0n) is 11.6. The summed E-state index contributed by atoms with van der Waals surface area (Å²) in [5.74, 6) is 2.03. The summed E-state index contributed by atoms with van der Waals surface area (Å²) in [7, 11) is 1.58. The molecule has 0 fully saturated rings. The van der Waals surface area contributed by atoms with Crippen molar-refractivity contribution in [1.82, 2.24) is 0 Å². The molecule has 0 radical (unpaired) electrons. The molecule has 0 aliphatic rings. The molecule has 0 amide bonds. The first kappa shape index (κ1) is 15.8. The molecule has 0 unspecified atom stereocenters. The smallest absolute Gasteiger partial charge is 0.161 e. The summed E-state index contributed by atoms with van der Waals surface area (Å²) in [4.78, 5) is 11.3. The largest absolute Gasteiger partial charge is 0.493 e. The van der Waals surface area contributed by atoms with E-state index in [9.17, 15) is 4.79 Å². The predicted molar refractivity (Wildman–Crippen MR) is 77.7 cm³/mol. The Hall–Kier alpha value is -1.22. The van der Waals surface area contributed by atoms with E-state index in [4.69, 9.17) is 21.1 Å². The highest BCUT2D eigenvalue weighted by Crippen LogP contribution is 2.28. The minimum absolute atomic E-state index is 0.0194. The van der Waals surface area contributed by atoms with Crippen molar-refractivity contribution in [2.45, 2.75) is 32.6 Å². The van der Waals surface area contributed by atoms with E-state index >= 15 is 0 Å². The fourth-order valence-corrected chi connectivity index (χ4v) is 1.93. The molecule has 0 aliphatic carbocycles. The van der Waals surface area contributed by atoms with Crippen LogP contribution in [0.2, 0.25) is 0 Å². The zero-order valence-corrected chi connectivity index (χ0v) is 12.3. The van der Waals surface area contributed by atoms with E-state index in [0.717, 1.165) is 31.6 Å². The highest BCUT2D eigenvalue weighted by atomic mass is 35.5. The number of ketones is 1. The summed E-state index contributed by atoms with van der Waals surface area (Å²) in [6, 6.07) is 5.26. The molecule has 19 heavy (non-hydrogen) atoms. The second kappa shape index (κ2) is 8.81. The number of halogens is 1. The number of ether oxygens (including phenoxy) is 2. The van der Waals surface area contributed by atoms with E-state index < -0.39 is 0 Å². The van der Waals surface area contributed by atoms with Crippen LogP contribution in [0.5, 0.6) is 11.5 Å². The molecule has 0 heterocycles. The highest BCUT2D eigenvalue weighted by Gasteiger charge is 2.08. The van der Waals surface area contributed by atoms with Gasteiger partial charge in [-0.15, -0.1) is 11.6 Å². The van der Waals surface area contributed by atoms with Crippen LogP contribution in [-0.2, 0) is 0 Å².